The third-order valence-corrected chi connectivity index (χ3v) is 12.6. The SMILES string of the molecule is CCCCC(C)C[P+](CC(C)CCCC)(CC(C)CCCC)CC(C)CCCC.[Cl-]. The van der Waals surface area contributed by atoms with E-state index in [1.165, 1.54) is 77.0 Å². The molecule has 0 aromatic heterocycles. The molecule has 0 aliphatic heterocycles. The molecule has 0 rings (SSSR count). The van der Waals surface area contributed by atoms with Gasteiger partial charge in [0.1, 0.15) is 0 Å². The molecule has 0 radical (unpaired) electrons. The zero-order chi connectivity index (χ0) is 22.1. The molecule has 0 aliphatic rings. The first-order valence-electron chi connectivity index (χ1n) is 13.7. The lowest BCUT2D eigenvalue weighted by Crippen LogP contribution is -3.00. The minimum absolute atomic E-state index is 0. The molecule has 0 saturated carbocycles. The summed E-state index contributed by atoms with van der Waals surface area (Å²) in [6, 6.07) is 0. The first-order valence-corrected chi connectivity index (χ1v) is 16.2. The number of hydrogen-bond donors (Lipinski definition) is 0. The molecule has 0 aliphatic carbocycles. The molecule has 0 aromatic carbocycles. The van der Waals surface area contributed by atoms with Crippen molar-refractivity contribution in [2.45, 2.75) is 132 Å². The predicted octanol–water partition coefficient (Wildman–Crippen LogP) is 7.31. The van der Waals surface area contributed by atoms with E-state index < -0.39 is 7.26 Å². The van der Waals surface area contributed by atoms with Gasteiger partial charge in [-0.25, -0.2) is 0 Å². The third kappa shape index (κ3) is 16.4. The molecule has 0 nitrogen and oxygen atoms in total. The summed E-state index contributed by atoms with van der Waals surface area (Å²) in [5.74, 6) is 3.77. The van der Waals surface area contributed by atoms with E-state index in [1.807, 2.05) is 0 Å². The van der Waals surface area contributed by atoms with E-state index in [4.69, 9.17) is 0 Å². The molecule has 0 saturated heterocycles. The summed E-state index contributed by atoms with van der Waals surface area (Å²) in [6.07, 6.45) is 23.4. The van der Waals surface area contributed by atoms with Gasteiger partial charge in [0.2, 0.25) is 0 Å². The molecule has 30 heavy (non-hydrogen) atoms. The molecule has 0 fully saturated rings. The fourth-order valence-electron chi connectivity index (χ4n) is 5.67. The normalized spacial score (nSPS) is 17.6. The Balaban J connectivity index is 0. The maximum Gasteiger partial charge on any atom is 0.0620 e. The van der Waals surface area contributed by atoms with Crippen LogP contribution in [0.5, 0.6) is 0 Å². The number of halogens is 1. The summed E-state index contributed by atoms with van der Waals surface area (Å²) in [5, 5.41) is 0. The fourth-order valence-corrected chi connectivity index (χ4v) is 12.6. The molecule has 4 unspecified atom stereocenters. The van der Waals surface area contributed by atoms with Crippen LogP contribution in [0.25, 0.3) is 0 Å². The number of unbranched alkanes of at least 4 members (excludes halogenated alkanes) is 4. The third-order valence-electron chi connectivity index (χ3n) is 7.00. The molecular weight excluding hydrogens is 403 g/mol. The van der Waals surface area contributed by atoms with Crippen molar-refractivity contribution in [1.82, 2.24) is 0 Å². The number of rotatable bonds is 20. The van der Waals surface area contributed by atoms with Crippen LogP contribution < -0.4 is 12.4 Å². The Labute approximate surface area is 200 Å². The quantitative estimate of drug-likeness (QED) is 0.166. The van der Waals surface area contributed by atoms with Gasteiger partial charge in [-0.3, -0.25) is 0 Å². The molecule has 4 atom stereocenters. The average Bonchev–Trinajstić information content (AvgIpc) is 2.67. The van der Waals surface area contributed by atoms with Crippen molar-refractivity contribution >= 4 is 7.26 Å². The topological polar surface area (TPSA) is 0 Å². The molecular formula is C28H60ClP. The van der Waals surface area contributed by atoms with Crippen LogP contribution in [-0.2, 0) is 0 Å². The van der Waals surface area contributed by atoms with Gasteiger partial charge in [-0.05, 0) is 49.4 Å². The van der Waals surface area contributed by atoms with Crippen LogP contribution in [0.2, 0.25) is 0 Å². The lowest BCUT2D eigenvalue weighted by Gasteiger charge is -2.36. The van der Waals surface area contributed by atoms with Crippen molar-refractivity contribution < 1.29 is 12.4 Å². The van der Waals surface area contributed by atoms with Crippen molar-refractivity contribution in [1.29, 1.82) is 0 Å². The van der Waals surface area contributed by atoms with Crippen LogP contribution >= 0.6 is 7.26 Å². The molecule has 0 N–H and O–H groups in total. The second-order valence-electron chi connectivity index (χ2n) is 11.1. The van der Waals surface area contributed by atoms with E-state index in [-0.39, 0.29) is 12.4 Å². The highest BCUT2D eigenvalue weighted by molar-refractivity contribution is 7.75. The van der Waals surface area contributed by atoms with E-state index in [2.05, 4.69) is 55.4 Å². The Morgan fingerprint density at radius 1 is 0.433 bits per heavy atom. The van der Waals surface area contributed by atoms with E-state index in [9.17, 15) is 0 Å². The highest BCUT2D eigenvalue weighted by Gasteiger charge is 2.42. The second kappa shape index (κ2) is 20.3. The van der Waals surface area contributed by atoms with Gasteiger partial charge in [0, 0.05) is 7.26 Å². The maximum atomic E-state index is 2.59. The molecule has 0 aromatic rings. The standard InChI is InChI=1S/C28H60P.ClH/c1-9-13-17-25(5)21-29(22-26(6)18-14-10-2,23-27(7)19-15-11-3)24-28(8)20-16-12-4;/h25-28H,9-24H2,1-8H3;1H/q+1;/p-1. The molecule has 2 heteroatoms. The van der Waals surface area contributed by atoms with Crippen molar-refractivity contribution in [3.8, 4) is 0 Å². The van der Waals surface area contributed by atoms with Gasteiger partial charge in [-0.2, -0.15) is 0 Å². The summed E-state index contributed by atoms with van der Waals surface area (Å²) in [6.45, 7) is 19.8. The molecule has 0 amide bonds. The second-order valence-corrected chi connectivity index (χ2v) is 15.2. The fraction of sp³-hybridized carbons (Fsp3) is 1.00. The lowest BCUT2D eigenvalue weighted by atomic mass is 10.1. The molecule has 184 valence electrons. The summed E-state index contributed by atoms with van der Waals surface area (Å²) < 4.78 is 0. The lowest BCUT2D eigenvalue weighted by molar-refractivity contribution is -0.00000721. The van der Waals surface area contributed by atoms with Crippen LogP contribution in [-0.4, -0.2) is 24.6 Å². The largest absolute Gasteiger partial charge is 1.00 e. The predicted molar refractivity (Wildman–Crippen MR) is 141 cm³/mol. The Hall–Kier alpha value is 0.720. The van der Waals surface area contributed by atoms with E-state index in [0.29, 0.717) is 0 Å². The summed E-state index contributed by atoms with van der Waals surface area (Å²) >= 11 is 0. The minimum Gasteiger partial charge on any atom is -1.00 e. The van der Waals surface area contributed by atoms with E-state index in [1.54, 1.807) is 24.6 Å². The Morgan fingerprint density at radius 2 is 0.633 bits per heavy atom. The van der Waals surface area contributed by atoms with Crippen LogP contribution in [0, 0.1) is 23.7 Å². The van der Waals surface area contributed by atoms with Crippen molar-refractivity contribution in [3.63, 3.8) is 0 Å². The maximum absolute atomic E-state index is 2.59. The highest BCUT2D eigenvalue weighted by Crippen LogP contribution is 2.64. The zero-order valence-electron chi connectivity index (χ0n) is 22.4. The Kier molecular flexibility index (Phi) is 22.3. The van der Waals surface area contributed by atoms with Crippen LogP contribution in [0.3, 0.4) is 0 Å². The van der Waals surface area contributed by atoms with E-state index in [0.717, 1.165) is 23.7 Å². The summed E-state index contributed by atoms with van der Waals surface area (Å²) in [5.41, 5.74) is 0. The van der Waals surface area contributed by atoms with Gasteiger partial charge in [0.05, 0.1) is 24.6 Å². The van der Waals surface area contributed by atoms with Gasteiger partial charge in [-0.15, -0.1) is 0 Å². The molecule has 0 bridgehead atoms. The highest BCUT2D eigenvalue weighted by atomic mass is 35.5. The summed E-state index contributed by atoms with van der Waals surface area (Å²) in [4.78, 5) is 0. The zero-order valence-corrected chi connectivity index (χ0v) is 24.1. The Bertz CT molecular complexity index is 287. The Morgan fingerprint density at radius 3 is 0.800 bits per heavy atom. The summed E-state index contributed by atoms with van der Waals surface area (Å²) in [7, 11) is -0.881. The van der Waals surface area contributed by atoms with Gasteiger partial charge >= 0.3 is 0 Å². The van der Waals surface area contributed by atoms with Crippen molar-refractivity contribution in [2.24, 2.45) is 23.7 Å². The average molecular weight is 463 g/mol. The van der Waals surface area contributed by atoms with Crippen LogP contribution in [0.4, 0.5) is 0 Å². The van der Waals surface area contributed by atoms with Crippen molar-refractivity contribution in [3.05, 3.63) is 0 Å². The molecule has 0 heterocycles. The van der Waals surface area contributed by atoms with Gasteiger partial charge in [0.15, 0.2) is 0 Å². The number of hydrogen-bond acceptors (Lipinski definition) is 0. The monoisotopic (exact) mass is 462 g/mol. The van der Waals surface area contributed by atoms with E-state index >= 15 is 0 Å². The van der Waals surface area contributed by atoms with Gasteiger partial charge in [0.25, 0.3) is 0 Å². The first-order chi connectivity index (χ1) is 13.8. The van der Waals surface area contributed by atoms with Crippen LogP contribution in [0.15, 0.2) is 0 Å². The van der Waals surface area contributed by atoms with Gasteiger partial charge in [-0.1, -0.05) is 107 Å². The van der Waals surface area contributed by atoms with Crippen LogP contribution in [0.1, 0.15) is 132 Å². The smallest absolute Gasteiger partial charge is 0.0620 e. The van der Waals surface area contributed by atoms with Crippen molar-refractivity contribution in [2.75, 3.05) is 24.6 Å². The minimum atomic E-state index is -0.881. The molecule has 0 spiro atoms. The van der Waals surface area contributed by atoms with Gasteiger partial charge < -0.3 is 12.4 Å². The first kappa shape index (κ1) is 32.9.